The first-order valence-electron chi connectivity index (χ1n) is 6.59. The van der Waals surface area contributed by atoms with Gasteiger partial charge in [-0.2, -0.15) is 0 Å². The molecule has 1 aromatic rings. The van der Waals surface area contributed by atoms with Crippen molar-refractivity contribution in [2.45, 2.75) is 44.6 Å². The molecule has 1 aliphatic carbocycles. The van der Waals surface area contributed by atoms with Crippen molar-refractivity contribution in [2.24, 2.45) is 0 Å². The summed E-state index contributed by atoms with van der Waals surface area (Å²) in [5.41, 5.74) is 3.68. The Morgan fingerprint density at radius 2 is 2.12 bits per heavy atom. The number of aryl methyl sites for hydroxylation is 2. The molecule has 1 aliphatic heterocycles. The molecule has 1 heterocycles. The SMILES string of the molecule is O=C(CC1CCCO1)c1ccc2c(c1)CCC2. The van der Waals surface area contributed by atoms with Gasteiger partial charge in [0, 0.05) is 18.6 Å². The number of hydrogen-bond donors (Lipinski definition) is 0. The maximum absolute atomic E-state index is 12.1. The largest absolute Gasteiger partial charge is 0.378 e. The summed E-state index contributed by atoms with van der Waals surface area (Å²) in [5.74, 6) is 0.242. The molecule has 1 unspecified atom stereocenters. The van der Waals surface area contributed by atoms with Crippen molar-refractivity contribution in [1.82, 2.24) is 0 Å². The highest BCUT2D eigenvalue weighted by Gasteiger charge is 2.21. The van der Waals surface area contributed by atoms with Gasteiger partial charge in [-0.3, -0.25) is 4.79 Å². The predicted molar refractivity (Wildman–Crippen MR) is 66.4 cm³/mol. The molecule has 0 radical (unpaired) electrons. The number of carbonyl (C=O) groups is 1. The minimum atomic E-state index is 0.163. The molecule has 0 amide bonds. The minimum absolute atomic E-state index is 0.163. The van der Waals surface area contributed by atoms with Gasteiger partial charge >= 0.3 is 0 Å². The third kappa shape index (κ3) is 2.27. The third-order valence-corrected chi connectivity index (χ3v) is 3.86. The van der Waals surface area contributed by atoms with Crippen molar-refractivity contribution in [2.75, 3.05) is 6.61 Å². The Bertz CT molecular complexity index is 431. The Labute approximate surface area is 102 Å². The Morgan fingerprint density at radius 3 is 2.94 bits per heavy atom. The lowest BCUT2D eigenvalue weighted by molar-refractivity contribution is 0.0775. The topological polar surface area (TPSA) is 26.3 Å². The van der Waals surface area contributed by atoms with E-state index in [-0.39, 0.29) is 11.9 Å². The van der Waals surface area contributed by atoms with Gasteiger partial charge in [0.25, 0.3) is 0 Å². The van der Waals surface area contributed by atoms with Gasteiger partial charge in [-0.15, -0.1) is 0 Å². The zero-order valence-electron chi connectivity index (χ0n) is 10.1. The van der Waals surface area contributed by atoms with Crippen LogP contribution in [-0.4, -0.2) is 18.5 Å². The van der Waals surface area contributed by atoms with Crippen LogP contribution in [0.5, 0.6) is 0 Å². The van der Waals surface area contributed by atoms with Crippen LogP contribution in [0.15, 0.2) is 18.2 Å². The fourth-order valence-corrected chi connectivity index (χ4v) is 2.88. The van der Waals surface area contributed by atoms with Gasteiger partial charge in [0.2, 0.25) is 0 Å². The van der Waals surface area contributed by atoms with Crippen LogP contribution in [0.2, 0.25) is 0 Å². The second kappa shape index (κ2) is 4.61. The average molecular weight is 230 g/mol. The summed E-state index contributed by atoms with van der Waals surface area (Å²) < 4.78 is 5.52. The minimum Gasteiger partial charge on any atom is -0.378 e. The summed E-state index contributed by atoms with van der Waals surface area (Å²) in [6.45, 7) is 0.822. The Hall–Kier alpha value is -1.15. The summed E-state index contributed by atoms with van der Waals surface area (Å²) >= 11 is 0. The van der Waals surface area contributed by atoms with Crippen molar-refractivity contribution < 1.29 is 9.53 Å². The number of rotatable bonds is 3. The van der Waals surface area contributed by atoms with Gasteiger partial charge in [0.1, 0.15) is 0 Å². The summed E-state index contributed by atoms with van der Waals surface area (Å²) in [5, 5.41) is 0. The quantitative estimate of drug-likeness (QED) is 0.746. The van der Waals surface area contributed by atoms with Crippen molar-refractivity contribution in [3.63, 3.8) is 0 Å². The number of benzene rings is 1. The highest BCUT2D eigenvalue weighted by molar-refractivity contribution is 5.96. The normalized spacial score (nSPS) is 22.7. The van der Waals surface area contributed by atoms with E-state index in [1.54, 1.807) is 0 Å². The van der Waals surface area contributed by atoms with Crippen LogP contribution in [0.4, 0.5) is 0 Å². The first-order valence-corrected chi connectivity index (χ1v) is 6.59. The zero-order valence-corrected chi connectivity index (χ0v) is 10.1. The molecule has 3 rings (SSSR count). The van der Waals surface area contributed by atoms with Crippen LogP contribution in [0.3, 0.4) is 0 Å². The molecule has 0 aromatic heterocycles. The maximum Gasteiger partial charge on any atom is 0.165 e. The van der Waals surface area contributed by atoms with Crippen LogP contribution in [0.25, 0.3) is 0 Å². The van der Waals surface area contributed by atoms with E-state index in [0.717, 1.165) is 31.4 Å². The molecule has 0 bridgehead atoms. The molecular weight excluding hydrogens is 212 g/mol. The molecule has 0 saturated carbocycles. The molecule has 1 saturated heterocycles. The van der Waals surface area contributed by atoms with Gasteiger partial charge in [0.15, 0.2) is 5.78 Å². The molecule has 1 aromatic carbocycles. The number of carbonyl (C=O) groups excluding carboxylic acids is 1. The Morgan fingerprint density at radius 1 is 1.24 bits per heavy atom. The third-order valence-electron chi connectivity index (χ3n) is 3.86. The maximum atomic E-state index is 12.1. The van der Waals surface area contributed by atoms with Gasteiger partial charge in [0.05, 0.1) is 6.10 Å². The van der Waals surface area contributed by atoms with Crippen LogP contribution in [0, 0.1) is 0 Å². The summed E-state index contributed by atoms with van der Waals surface area (Å²) in [4.78, 5) is 12.1. The molecule has 1 atom stereocenters. The van der Waals surface area contributed by atoms with E-state index in [9.17, 15) is 4.79 Å². The molecule has 2 aliphatic rings. The number of fused-ring (bicyclic) bond motifs is 1. The highest BCUT2D eigenvalue weighted by Crippen LogP contribution is 2.24. The highest BCUT2D eigenvalue weighted by atomic mass is 16.5. The average Bonchev–Trinajstić information content (AvgIpc) is 2.97. The molecular formula is C15H18O2. The van der Waals surface area contributed by atoms with E-state index in [0.29, 0.717) is 6.42 Å². The lowest BCUT2D eigenvalue weighted by Gasteiger charge is -2.09. The first kappa shape index (κ1) is 11.0. The fourth-order valence-electron chi connectivity index (χ4n) is 2.88. The Kier molecular flexibility index (Phi) is 2.98. The van der Waals surface area contributed by atoms with Gasteiger partial charge < -0.3 is 4.74 Å². The van der Waals surface area contributed by atoms with Crippen LogP contribution >= 0.6 is 0 Å². The summed E-state index contributed by atoms with van der Waals surface area (Å²) in [6.07, 6.45) is 6.40. The lowest BCUT2D eigenvalue weighted by Crippen LogP contribution is -2.12. The van der Waals surface area contributed by atoms with E-state index in [1.807, 2.05) is 6.07 Å². The van der Waals surface area contributed by atoms with E-state index in [1.165, 1.54) is 24.0 Å². The van der Waals surface area contributed by atoms with Crippen molar-refractivity contribution in [3.05, 3.63) is 34.9 Å². The van der Waals surface area contributed by atoms with E-state index < -0.39 is 0 Å². The van der Waals surface area contributed by atoms with E-state index >= 15 is 0 Å². The number of ketones is 1. The lowest BCUT2D eigenvalue weighted by atomic mass is 10.00. The second-order valence-corrected chi connectivity index (χ2v) is 5.10. The van der Waals surface area contributed by atoms with Crippen LogP contribution in [0.1, 0.15) is 47.2 Å². The molecule has 2 nitrogen and oxygen atoms in total. The fraction of sp³-hybridized carbons (Fsp3) is 0.533. The van der Waals surface area contributed by atoms with Gasteiger partial charge in [-0.25, -0.2) is 0 Å². The Balaban J connectivity index is 1.72. The molecule has 1 fully saturated rings. The summed E-state index contributed by atoms with van der Waals surface area (Å²) in [6, 6.07) is 6.21. The number of Topliss-reactive ketones (excluding diaryl/α,β-unsaturated/α-hetero) is 1. The van der Waals surface area contributed by atoms with Crippen LogP contribution in [-0.2, 0) is 17.6 Å². The summed E-state index contributed by atoms with van der Waals surface area (Å²) in [7, 11) is 0. The molecule has 17 heavy (non-hydrogen) atoms. The van der Waals surface area contributed by atoms with Gasteiger partial charge in [-0.1, -0.05) is 12.1 Å². The zero-order chi connectivity index (χ0) is 11.7. The smallest absolute Gasteiger partial charge is 0.165 e. The number of hydrogen-bond acceptors (Lipinski definition) is 2. The van der Waals surface area contributed by atoms with Gasteiger partial charge in [-0.05, 0) is 49.3 Å². The first-order chi connectivity index (χ1) is 8.33. The monoisotopic (exact) mass is 230 g/mol. The molecule has 0 spiro atoms. The standard InChI is InChI=1S/C15H18O2/c16-15(10-14-5-2-8-17-14)13-7-6-11-3-1-4-12(11)9-13/h6-7,9,14H,1-5,8,10H2. The van der Waals surface area contributed by atoms with E-state index in [4.69, 9.17) is 4.74 Å². The second-order valence-electron chi connectivity index (χ2n) is 5.10. The molecule has 90 valence electrons. The molecule has 0 N–H and O–H groups in total. The molecule has 2 heteroatoms. The van der Waals surface area contributed by atoms with Crippen molar-refractivity contribution in [3.8, 4) is 0 Å². The van der Waals surface area contributed by atoms with Crippen molar-refractivity contribution in [1.29, 1.82) is 0 Å². The predicted octanol–water partition coefficient (Wildman–Crippen LogP) is 2.93. The van der Waals surface area contributed by atoms with E-state index in [2.05, 4.69) is 12.1 Å². The number of ether oxygens (including phenoxy) is 1. The van der Waals surface area contributed by atoms with Crippen molar-refractivity contribution >= 4 is 5.78 Å². The van der Waals surface area contributed by atoms with Crippen LogP contribution < -0.4 is 0 Å².